The molecule has 3 heterocycles. The maximum atomic E-state index is 12.1. The largest absolute Gasteiger partial charge is 0.297 e. The zero-order chi connectivity index (χ0) is 13.7. The molecule has 0 saturated carbocycles. The van der Waals surface area contributed by atoms with E-state index in [4.69, 9.17) is 0 Å². The molecular formula is C13H16N4O2. The zero-order valence-electron chi connectivity index (χ0n) is 11.2. The summed E-state index contributed by atoms with van der Waals surface area (Å²) in [5.74, 6) is -0.428. The summed E-state index contributed by atoms with van der Waals surface area (Å²) in [5.41, 5.74) is 2.61. The molecular weight excluding hydrogens is 244 g/mol. The Morgan fingerprint density at radius 2 is 2.21 bits per heavy atom. The highest BCUT2D eigenvalue weighted by Crippen LogP contribution is 2.29. The van der Waals surface area contributed by atoms with Gasteiger partial charge in [-0.05, 0) is 13.8 Å². The van der Waals surface area contributed by atoms with Gasteiger partial charge < -0.3 is 0 Å². The van der Waals surface area contributed by atoms with Crippen molar-refractivity contribution in [2.75, 3.05) is 0 Å². The van der Waals surface area contributed by atoms with Gasteiger partial charge in [0.05, 0.1) is 17.9 Å². The number of carbonyl (C=O) groups excluding carboxylic acids is 2. The van der Waals surface area contributed by atoms with Crippen molar-refractivity contribution >= 4 is 17.5 Å². The van der Waals surface area contributed by atoms with Crippen LogP contribution in [-0.4, -0.2) is 31.3 Å². The second kappa shape index (κ2) is 3.94. The lowest BCUT2D eigenvalue weighted by molar-refractivity contribution is -0.141. The lowest BCUT2D eigenvalue weighted by Crippen LogP contribution is -2.33. The van der Waals surface area contributed by atoms with Gasteiger partial charge >= 0.3 is 0 Å². The van der Waals surface area contributed by atoms with Crippen LogP contribution in [0.15, 0.2) is 12.3 Å². The molecule has 19 heavy (non-hydrogen) atoms. The third kappa shape index (κ3) is 1.67. The maximum absolute atomic E-state index is 12.1. The van der Waals surface area contributed by atoms with Crippen LogP contribution in [0.1, 0.15) is 37.7 Å². The number of carbonyl (C=O) groups is 2. The van der Waals surface area contributed by atoms with Gasteiger partial charge in [0.1, 0.15) is 0 Å². The molecule has 2 amide bonds. The van der Waals surface area contributed by atoms with E-state index in [0.29, 0.717) is 6.42 Å². The van der Waals surface area contributed by atoms with Gasteiger partial charge in [0.25, 0.3) is 0 Å². The molecule has 0 aromatic carbocycles. The second-order valence-corrected chi connectivity index (χ2v) is 5.20. The SMILES string of the molecule is Cc1cc2ncc(C(C)N3C(=O)CC(C)C3=O)n2[nH]1. The minimum Gasteiger partial charge on any atom is -0.297 e. The zero-order valence-corrected chi connectivity index (χ0v) is 11.2. The predicted molar refractivity (Wildman–Crippen MR) is 68.3 cm³/mol. The number of nitrogens with one attached hydrogen (secondary N) is 1. The van der Waals surface area contributed by atoms with Gasteiger partial charge in [-0.15, -0.1) is 0 Å². The van der Waals surface area contributed by atoms with Crippen LogP contribution in [0.4, 0.5) is 0 Å². The standard InChI is InChI=1S/C13H16N4O2/c1-7-4-12(18)16(13(7)19)9(3)10-6-14-11-5-8(2)15-17(10)11/h5-7,9,15H,4H2,1-3H3. The van der Waals surface area contributed by atoms with Gasteiger partial charge in [-0.2, -0.15) is 0 Å². The highest BCUT2D eigenvalue weighted by atomic mass is 16.2. The Kier molecular flexibility index (Phi) is 2.48. The van der Waals surface area contributed by atoms with Crippen LogP contribution in [0.2, 0.25) is 0 Å². The fourth-order valence-electron chi connectivity index (χ4n) is 2.65. The number of aryl methyl sites for hydroxylation is 1. The van der Waals surface area contributed by atoms with Crippen molar-refractivity contribution < 1.29 is 9.59 Å². The van der Waals surface area contributed by atoms with Crippen LogP contribution in [0.25, 0.3) is 5.65 Å². The van der Waals surface area contributed by atoms with Crippen molar-refractivity contribution in [3.8, 4) is 0 Å². The van der Waals surface area contributed by atoms with E-state index in [1.807, 2.05) is 24.4 Å². The molecule has 0 bridgehead atoms. The molecule has 1 aliphatic heterocycles. The molecule has 2 aromatic rings. The minimum atomic E-state index is -0.307. The Hall–Kier alpha value is -2.11. The van der Waals surface area contributed by atoms with Crippen LogP contribution in [-0.2, 0) is 9.59 Å². The van der Waals surface area contributed by atoms with Gasteiger partial charge in [0.2, 0.25) is 11.8 Å². The average Bonchev–Trinajstić information content (AvgIpc) is 2.93. The third-order valence-corrected chi connectivity index (χ3v) is 3.67. The van der Waals surface area contributed by atoms with E-state index >= 15 is 0 Å². The molecule has 1 N–H and O–H groups in total. The molecule has 2 aromatic heterocycles. The van der Waals surface area contributed by atoms with Crippen molar-refractivity contribution in [2.45, 2.75) is 33.2 Å². The van der Waals surface area contributed by atoms with E-state index < -0.39 is 0 Å². The number of aromatic amines is 1. The average molecular weight is 260 g/mol. The lowest BCUT2D eigenvalue weighted by Gasteiger charge is -2.22. The summed E-state index contributed by atoms with van der Waals surface area (Å²) in [5, 5.41) is 3.16. The molecule has 0 spiro atoms. The molecule has 0 radical (unpaired) electrons. The van der Waals surface area contributed by atoms with Crippen LogP contribution in [0.3, 0.4) is 0 Å². The van der Waals surface area contributed by atoms with Crippen LogP contribution in [0.5, 0.6) is 0 Å². The summed E-state index contributed by atoms with van der Waals surface area (Å²) in [6.45, 7) is 5.59. The van der Waals surface area contributed by atoms with Gasteiger partial charge in [-0.3, -0.25) is 19.6 Å². The smallest absolute Gasteiger partial charge is 0.233 e. The number of likely N-dealkylation sites (tertiary alicyclic amines) is 1. The molecule has 1 aliphatic rings. The first-order valence-electron chi connectivity index (χ1n) is 6.38. The van der Waals surface area contributed by atoms with E-state index in [2.05, 4.69) is 10.1 Å². The van der Waals surface area contributed by atoms with Crippen LogP contribution in [0, 0.1) is 12.8 Å². The van der Waals surface area contributed by atoms with Gasteiger partial charge in [0.15, 0.2) is 5.65 Å². The van der Waals surface area contributed by atoms with E-state index in [-0.39, 0.29) is 23.8 Å². The molecule has 2 atom stereocenters. The minimum absolute atomic E-state index is 0.101. The summed E-state index contributed by atoms with van der Waals surface area (Å²) in [6, 6.07) is 1.62. The Morgan fingerprint density at radius 1 is 1.47 bits per heavy atom. The normalized spacial score (nSPS) is 21.6. The summed E-state index contributed by atoms with van der Waals surface area (Å²) >= 11 is 0. The second-order valence-electron chi connectivity index (χ2n) is 5.20. The van der Waals surface area contributed by atoms with Crippen LogP contribution < -0.4 is 0 Å². The number of imidazole rings is 1. The number of fused-ring (bicyclic) bond motifs is 1. The molecule has 6 nitrogen and oxygen atoms in total. The van der Waals surface area contributed by atoms with Crippen LogP contribution >= 0.6 is 0 Å². The summed E-state index contributed by atoms with van der Waals surface area (Å²) < 4.78 is 1.82. The molecule has 0 aliphatic carbocycles. The highest BCUT2D eigenvalue weighted by molar-refractivity contribution is 6.03. The molecule has 1 fully saturated rings. The first-order valence-corrected chi connectivity index (χ1v) is 6.38. The van der Waals surface area contributed by atoms with Crippen molar-refractivity contribution in [2.24, 2.45) is 5.92 Å². The first-order chi connectivity index (χ1) is 8.99. The van der Waals surface area contributed by atoms with Crippen molar-refractivity contribution in [3.63, 3.8) is 0 Å². The lowest BCUT2D eigenvalue weighted by atomic mass is 10.1. The number of hydrogen-bond donors (Lipinski definition) is 1. The fourth-order valence-corrected chi connectivity index (χ4v) is 2.65. The van der Waals surface area contributed by atoms with Crippen molar-refractivity contribution in [1.29, 1.82) is 0 Å². The third-order valence-electron chi connectivity index (χ3n) is 3.67. The maximum Gasteiger partial charge on any atom is 0.233 e. The number of nitrogens with zero attached hydrogens (tertiary/aromatic N) is 3. The highest BCUT2D eigenvalue weighted by Gasteiger charge is 2.39. The Morgan fingerprint density at radius 3 is 2.84 bits per heavy atom. The molecule has 2 unspecified atom stereocenters. The monoisotopic (exact) mass is 260 g/mol. The molecule has 3 rings (SSSR count). The summed E-state index contributed by atoms with van der Waals surface area (Å²) in [7, 11) is 0. The number of amides is 2. The number of rotatable bonds is 2. The number of H-pyrrole nitrogens is 1. The summed E-state index contributed by atoms with van der Waals surface area (Å²) in [6.07, 6.45) is 2.01. The Balaban J connectivity index is 2.02. The quantitative estimate of drug-likeness (QED) is 0.830. The molecule has 6 heteroatoms. The Bertz CT molecular complexity index is 669. The number of aromatic nitrogens is 3. The van der Waals surface area contributed by atoms with E-state index in [1.165, 1.54) is 4.90 Å². The predicted octanol–water partition coefficient (Wildman–Crippen LogP) is 1.43. The van der Waals surface area contributed by atoms with Gasteiger partial charge in [-0.1, -0.05) is 6.92 Å². The van der Waals surface area contributed by atoms with Crippen molar-refractivity contribution in [3.05, 3.63) is 23.7 Å². The molecule has 100 valence electrons. The van der Waals surface area contributed by atoms with Gasteiger partial charge in [0, 0.05) is 24.1 Å². The Labute approximate surface area is 110 Å². The van der Waals surface area contributed by atoms with E-state index in [0.717, 1.165) is 17.0 Å². The number of hydrogen-bond acceptors (Lipinski definition) is 3. The first kappa shape index (κ1) is 12.0. The van der Waals surface area contributed by atoms with E-state index in [9.17, 15) is 9.59 Å². The molecule has 1 saturated heterocycles. The fraction of sp³-hybridized carbons (Fsp3) is 0.462. The van der Waals surface area contributed by atoms with Crippen molar-refractivity contribution in [1.82, 2.24) is 19.5 Å². The van der Waals surface area contributed by atoms with Gasteiger partial charge in [-0.25, -0.2) is 9.50 Å². The topological polar surface area (TPSA) is 70.5 Å². The van der Waals surface area contributed by atoms with E-state index in [1.54, 1.807) is 13.1 Å². The number of imide groups is 1. The summed E-state index contributed by atoms with van der Waals surface area (Å²) in [4.78, 5) is 29.6.